The van der Waals surface area contributed by atoms with Crippen LogP contribution in [0.4, 0.5) is 0 Å². The highest BCUT2D eigenvalue weighted by atomic mass is 15.4. The molecule has 0 fully saturated rings. The molecule has 0 aromatic heterocycles. The first-order valence-electron chi connectivity index (χ1n) is 11.1. The van der Waals surface area contributed by atoms with Gasteiger partial charge in [-0.3, -0.25) is 0 Å². The van der Waals surface area contributed by atoms with Gasteiger partial charge >= 0.3 is 0 Å². The molecule has 0 amide bonds. The van der Waals surface area contributed by atoms with E-state index < -0.39 is 0 Å². The largest absolute Gasteiger partial charge is 0.356 e. The highest BCUT2D eigenvalue weighted by Crippen LogP contribution is 2.21. The Morgan fingerprint density at radius 3 is 1.88 bits per heavy atom. The molecule has 0 radical (unpaired) electrons. The minimum absolute atomic E-state index is 0.501. The molecule has 0 aliphatic carbocycles. The summed E-state index contributed by atoms with van der Waals surface area (Å²) in [5.41, 5.74) is 1.44. The average Bonchev–Trinajstić information content (AvgIpc) is 3.06. The van der Waals surface area contributed by atoms with Crippen LogP contribution in [0.2, 0.25) is 0 Å². The standard InChI is InChI=1S/C24H40N2/c1-3-5-6-7-8-9-10-11-12-16-19-26-21-20-25(4-2)24(26)22-23-17-14-13-15-18-23/h13-15,17-18,20-21,24H,3-12,16,19,22H2,1-2H3. The Balaban J connectivity index is 1.60. The zero-order valence-electron chi connectivity index (χ0n) is 17.2. The Bertz CT molecular complexity index is 482. The van der Waals surface area contributed by atoms with Crippen LogP contribution in [0, 0.1) is 0 Å². The second kappa shape index (κ2) is 12.8. The van der Waals surface area contributed by atoms with Crippen molar-refractivity contribution in [2.45, 2.75) is 90.6 Å². The molecule has 2 rings (SSSR count). The normalized spacial score (nSPS) is 16.6. The lowest BCUT2D eigenvalue weighted by atomic mass is 10.1. The molecule has 0 bridgehead atoms. The molecule has 1 aromatic rings. The summed E-state index contributed by atoms with van der Waals surface area (Å²) in [7, 11) is 0. The van der Waals surface area contributed by atoms with Gasteiger partial charge in [0.25, 0.3) is 0 Å². The molecule has 1 heterocycles. The third kappa shape index (κ3) is 7.43. The van der Waals surface area contributed by atoms with Crippen LogP contribution in [0.25, 0.3) is 0 Å². The quantitative estimate of drug-likeness (QED) is 0.347. The molecule has 26 heavy (non-hydrogen) atoms. The van der Waals surface area contributed by atoms with Gasteiger partial charge in [0, 0.05) is 31.9 Å². The van der Waals surface area contributed by atoms with Gasteiger partial charge < -0.3 is 9.80 Å². The van der Waals surface area contributed by atoms with Gasteiger partial charge in [-0.2, -0.15) is 0 Å². The fourth-order valence-corrected chi connectivity index (χ4v) is 3.94. The van der Waals surface area contributed by atoms with Gasteiger partial charge in [-0.25, -0.2) is 0 Å². The number of nitrogens with zero attached hydrogens (tertiary/aromatic N) is 2. The van der Waals surface area contributed by atoms with Crippen molar-refractivity contribution in [3.05, 3.63) is 48.3 Å². The number of hydrogen-bond donors (Lipinski definition) is 0. The predicted octanol–water partition coefficient (Wildman–Crippen LogP) is 6.58. The predicted molar refractivity (Wildman–Crippen MR) is 114 cm³/mol. The van der Waals surface area contributed by atoms with E-state index in [1.54, 1.807) is 0 Å². The SMILES string of the molecule is CCCCCCCCCCCCN1C=CN(CC)C1Cc1ccccc1. The summed E-state index contributed by atoms with van der Waals surface area (Å²) in [4.78, 5) is 5.03. The van der Waals surface area contributed by atoms with E-state index >= 15 is 0 Å². The number of rotatable bonds is 14. The Hall–Kier alpha value is -1.44. The summed E-state index contributed by atoms with van der Waals surface area (Å²) in [6, 6.07) is 10.9. The van der Waals surface area contributed by atoms with E-state index in [0.717, 1.165) is 13.0 Å². The van der Waals surface area contributed by atoms with E-state index in [-0.39, 0.29) is 0 Å². The average molecular weight is 357 g/mol. The third-order valence-electron chi connectivity index (χ3n) is 5.61. The molecule has 1 aliphatic heterocycles. The van der Waals surface area contributed by atoms with E-state index in [9.17, 15) is 0 Å². The van der Waals surface area contributed by atoms with Crippen LogP contribution in [0.3, 0.4) is 0 Å². The summed E-state index contributed by atoms with van der Waals surface area (Å²) >= 11 is 0. The minimum atomic E-state index is 0.501. The number of likely N-dealkylation sites (N-methyl/N-ethyl adjacent to an activating group) is 1. The van der Waals surface area contributed by atoms with Crippen molar-refractivity contribution in [2.75, 3.05) is 13.1 Å². The second-order valence-corrected chi connectivity index (χ2v) is 7.72. The zero-order chi connectivity index (χ0) is 18.5. The third-order valence-corrected chi connectivity index (χ3v) is 5.61. The zero-order valence-corrected chi connectivity index (χ0v) is 17.2. The first-order valence-corrected chi connectivity index (χ1v) is 11.1. The van der Waals surface area contributed by atoms with Crippen LogP contribution in [0.15, 0.2) is 42.7 Å². The van der Waals surface area contributed by atoms with Gasteiger partial charge in [-0.05, 0) is 18.9 Å². The molecule has 146 valence electrons. The van der Waals surface area contributed by atoms with E-state index in [2.05, 4.69) is 66.4 Å². The van der Waals surface area contributed by atoms with Gasteiger partial charge in [0.15, 0.2) is 0 Å². The monoisotopic (exact) mass is 356 g/mol. The number of hydrogen-bond acceptors (Lipinski definition) is 2. The minimum Gasteiger partial charge on any atom is -0.356 e. The summed E-state index contributed by atoms with van der Waals surface area (Å²) < 4.78 is 0. The first-order chi connectivity index (χ1) is 12.8. The summed E-state index contributed by atoms with van der Waals surface area (Å²) in [6.45, 7) is 6.83. The highest BCUT2D eigenvalue weighted by Gasteiger charge is 2.24. The van der Waals surface area contributed by atoms with Crippen LogP contribution in [-0.4, -0.2) is 29.1 Å². The first kappa shape index (κ1) is 20.9. The summed E-state index contributed by atoms with van der Waals surface area (Å²) in [6.07, 6.45) is 20.3. The number of benzene rings is 1. The summed E-state index contributed by atoms with van der Waals surface area (Å²) in [5.74, 6) is 0. The van der Waals surface area contributed by atoms with Crippen LogP contribution < -0.4 is 0 Å². The lowest BCUT2D eigenvalue weighted by Crippen LogP contribution is -2.40. The molecule has 0 saturated carbocycles. The van der Waals surface area contributed by atoms with E-state index in [0.29, 0.717) is 6.17 Å². The van der Waals surface area contributed by atoms with Crippen molar-refractivity contribution in [2.24, 2.45) is 0 Å². The number of unbranched alkanes of at least 4 members (excludes halogenated alkanes) is 9. The Morgan fingerprint density at radius 1 is 0.692 bits per heavy atom. The fraction of sp³-hybridized carbons (Fsp3) is 0.667. The molecular formula is C24H40N2. The van der Waals surface area contributed by atoms with Crippen LogP contribution >= 0.6 is 0 Å². The van der Waals surface area contributed by atoms with Crippen molar-refractivity contribution < 1.29 is 0 Å². The van der Waals surface area contributed by atoms with E-state index in [1.165, 1.54) is 76.3 Å². The van der Waals surface area contributed by atoms with Crippen molar-refractivity contribution in [1.29, 1.82) is 0 Å². The second-order valence-electron chi connectivity index (χ2n) is 7.72. The molecule has 1 aromatic carbocycles. The van der Waals surface area contributed by atoms with Crippen LogP contribution in [0.5, 0.6) is 0 Å². The lowest BCUT2D eigenvalue weighted by Gasteiger charge is -2.32. The Morgan fingerprint density at radius 2 is 1.27 bits per heavy atom. The Labute approximate surface area is 162 Å². The Kier molecular flexibility index (Phi) is 10.3. The smallest absolute Gasteiger partial charge is 0.105 e. The maximum absolute atomic E-state index is 2.56. The topological polar surface area (TPSA) is 6.48 Å². The van der Waals surface area contributed by atoms with Crippen molar-refractivity contribution >= 4 is 0 Å². The highest BCUT2D eigenvalue weighted by molar-refractivity contribution is 5.17. The molecule has 1 atom stereocenters. The van der Waals surface area contributed by atoms with Crippen LogP contribution in [0.1, 0.15) is 83.6 Å². The molecule has 0 spiro atoms. The van der Waals surface area contributed by atoms with E-state index in [1.807, 2.05) is 0 Å². The molecule has 1 aliphatic rings. The maximum atomic E-state index is 2.56. The molecule has 2 nitrogen and oxygen atoms in total. The van der Waals surface area contributed by atoms with Crippen molar-refractivity contribution in [3.8, 4) is 0 Å². The van der Waals surface area contributed by atoms with Crippen LogP contribution in [-0.2, 0) is 6.42 Å². The lowest BCUT2D eigenvalue weighted by molar-refractivity contribution is 0.155. The van der Waals surface area contributed by atoms with Gasteiger partial charge in [-0.15, -0.1) is 0 Å². The fourth-order valence-electron chi connectivity index (χ4n) is 3.94. The van der Waals surface area contributed by atoms with Gasteiger partial charge in [0.05, 0.1) is 0 Å². The van der Waals surface area contributed by atoms with Gasteiger partial charge in [0.1, 0.15) is 6.17 Å². The summed E-state index contributed by atoms with van der Waals surface area (Å²) in [5, 5.41) is 0. The van der Waals surface area contributed by atoms with Crippen molar-refractivity contribution in [3.63, 3.8) is 0 Å². The van der Waals surface area contributed by atoms with E-state index in [4.69, 9.17) is 0 Å². The van der Waals surface area contributed by atoms with Gasteiger partial charge in [0.2, 0.25) is 0 Å². The molecule has 0 N–H and O–H groups in total. The van der Waals surface area contributed by atoms with Gasteiger partial charge in [-0.1, -0.05) is 95.0 Å². The molecule has 0 saturated heterocycles. The van der Waals surface area contributed by atoms with Crippen molar-refractivity contribution in [1.82, 2.24) is 9.80 Å². The maximum Gasteiger partial charge on any atom is 0.105 e. The molecular weight excluding hydrogens is 316 g/mol. The molecule has 2 heteroatoms. The molecule has 1 unspecified atom stereocenters.